The molecule has 0 amide bonds. The molecule has 1 N–H and O–H groups in total. The average molecular weight is 297 g/mol. The highest BCUT2D eigenvalue weighted by Gasteiger charge is 2.12. The second kappa shape index (κ2) is 6.70. The number of anilines is 1. The molecule has 0 spiro atoms. The zero-order chi connectivity index (χ0) is 14.5. The number of thioether (sulfide) groups is 1. The third-order valence-electron chi connectivity index (χ3n) is 2.85. The van der Waals surface area contributed by atoms with E-state index in [0.29, 0.717) is 22.3 Å². The zero-order valence-electron chi connectivity index (χ0n) is 10.8. The number of benzene rings is 2. The van der Waals surface area contributed by atoms with Gasteiger partial charge in [0.2, 0.25) is 0 Å². The fraction of sp³-hybridized carbons (Fsp3) is 0.200. The third-order valence-corrected chi connectivity index (χ3v) is 3.63. The van der Waals surface area contributed by atoms with Crippen molar-refractivity contribution in [2.45, 2.75) is 23.6 Å². The minimum Gasteiger partial charge on any atom is -0.378 e. The molecule has 0 aromatic heterocycles. The second-order valence-electron chi connectivity index (χ2n) is 4.29. The van der Waals surface area contributed by atoms with Crippen LogP contribution in [-0.2, 0) is 0 Å². The van der Waals surface area contributed by atoms with E-state index in [-0.39, 0.29) is 11.9 Å². The number of hydrogen-bond donors (Lipinski definition) is 1. The average Bonchev–Trinajstić information content (AvgIpc) is 2.41. The normalized spacial score (nSPS) is 12.4. The number of alkyl halides is 2. The Labute approximate surface area is 120 Å². The molecule has 2 aromatic rings. The molecule has 1 nitrogen and oxygen atoms in total. The summed E-state index contributed by atoms with van der Waals surface area (Å²) in [4.78, 5) is 0.497. The highest BCUT2D eigenvalue weighted by atomic mass is 32.2. The minimum atomic E-state index is -2.46. The molecule has 0 heterocycles. The molecule has 1 atom stereocenters. The summed E-state index contributed by atoms with van der Waals surface area (Å²) in [6, 6.07) is 12.9. The first-order valence-corrected chi connectivity index (χ1v) is 7.00. The second-order valence-corrected chi connectivity index (χ2v) is 5.32. The van der Waals surface area contributed by atoms with E-state index in [1.807, 2.05) is 6.92 Å². The summed E-state index contributed by atoms with van der Waals surface area (Å²) < 4.78 is 37.9. The lowest BCUT2D eigenvalue weighted by Crippen LogP contribution is -2.07. The maximum atomic E-state index is 12.9. The van der Waals surface area contributed by atoms with Crippen LogP contribution in [0, 0.1) is 5.82 Å². The fourth-order valence-electron chi connectivity index (χ4n) is 1.85. The van der Waals surface area contributed by atoms with Gasteiger partial charge in [-0.3, -0.25) is 0 Å². The van der Waals surface area contributed by atoms with Crippen molar-refractivity contribution in [3.05, 3.63) is 59.9 Å². The highest BCUT2D eigenvalue weighted by Crippen LogP contribution is 2.33. The van der Waals surface area contributed by atoms with Crippen molar-refractivity contribution in [3.8, 4) is 0 Å². The van der Waals surface area contributed by atoms with Crippen LogP contribution in [0.3, 0.4) is 0 Å². The first-order valence-electron chi connectivity index (χ1n) is 6.12. The van der Waals surface area contributed by atoms with Gasteiger partial charge in [-0.05, 0) is 36.8 Å². The maximum Gasteiger partial charge on any atom is 0.288 e. The van der Waals surface area contributed by atoms with Gasteiger partial charge in [-0.2, -0.15) is 8.78 Å². The van der Waals surface area contributed by atoms with E-state index in [9.17, 15) is 13.2 Å². The van der Waals surface area contributed by atoms with Gasteiger partial charge in [0.05, 0.1) is 0 Å². The van der Waals surface area contributed by atoms with E-state index in [1.165, 1.54) is 12.1 Å². The van der Waals surface area contributed by atoms with E-state index in [4.69, 9.17) is 0 Å². The predicted octanol–water partition coefficient (Wildman–Crippen LogP) is 5.31. The van der Waals surface area contributed by atoms with E-state index in [0.717, 1.165) is 5.56 Å². The van der Waals surface area contributed by atoms with E-state index < -0.39 is 5.76 Å². The maximum absolute atomic E-state index is 12.9. The molecule has 0 aliphatic heterocycles. The van der Waals surface area contributed by atoms with Gasteiger partial charge in [-0.1, -0.05) is 36.0 Å². The summed E-state index contributed by atoms with van der Waals surface area (Å²) in [6.07, 6.45) is 0. The Bertz CT molecular complexity index is 557. The van der Waals surface area contributed by atoms with Gasteiger partial charge in [0.25, 0.3) is 5.76 Å². The molecule has 0 aliphatic carbocycles. The molecule has 0 bridgehead atoms. The van der Waals surface area contributed by atoms with Crippen molar-refractivity contribution >= 4 is 17.4 Å². The van der Waals surface area contributed by atoms with Crippen molar-refractivity contribution in [1.82, 2.24) is 0 Å². The number of nitrogens with one attached hydrogen (secondary N) is 1. The molecule has 2 rings (SSSR count). The monoisotopic (exact) mass is 297 g/mol. The molecule has 106 valence electrons. The Morgan fingerprint density at radius 3 is 2.30 bits per heavy atom. The van der Waals surface area contributed by atoms with Crippen molar-refractivity contribution in [3.63, 3.8) is 0 Å². The van der Waals surface area contributed by atoms with Crippen molar-refractivity contribution in [1.29, 1.82) is 0 Å². The Morgan fingerprint density at radius 2 is 1.65 bits per heavy atom. The van der Waals surface area contributed by atoms with Gasteiger partial charge in [-0.25, -0.2) is 4.39 Å². The topological polar surface area (TPSA) is 12.0 Å². The number of hydrogen-bond acceptors (Lipinski definition) is 2. The molecule has 5 heteroatoms. The molecule has 2 aromatic carbocycles. The first kappa shape index (κ1) is 14.8. The van der Waals surface area contributed by atoms with Crippen LogP contribution < -0.4 is 5.32 Å². The summed E-state index contributed by atoms with van der Waals surface area (Å²) >= 11 is 0.509. The van der Waals surface area contributed by atoms with Crippen LogP contribution >= 0.6 is 11.8 Å². The molecule has 0 radical (unpaired) electrons. The molecular formula is C15H14F3NS. The van der Waals surface area contributed by atoms with Crippen LogP contribution in [0.4, 0.5) is 18.9 Å². The molecule has 0 saturated carbocycles. The Balaban J connectivity index is 2.15. The summed E-state index contributed by atoms with van der Waals surface area (Å²) in [5.74, 6) is -2.76. The van der Waals surface area contributed by atoms with Gasteiger partial charge in [-0.15, -0.1) is 0 Å². The van der Waals surface area contributed by atoms with Gasteiger partial charge in [0, 0.05) is 16.6 Å². The van der Waals surface area contributed by atoms with Crippen molar-refractivity contribution < 1.29 is 13.2 Å². The summed E-state index contributed by atoms with van der Waals surface area (Å²) in [6.45, 7) is 1.90. The van der Waals surface area contributed by atoms with Crippen LogP contribution in [0.2, 0.25) is 0 Å². The highest BCUT2D eigenvalue weighted by molar-refractivity contribution is 7.99. The van der Waals surface area contributed by atoms with Crippen molar-refractivity contribution in [2.24, 2.45) is 0 Å². The van der Waals surface area contributed by atoms with Crippen LogP contribution in [0.25, 0.3) is 0 Å². The third kappa shape index (κ3) is 3.93. The minimum absolute atomic E-state index is 0.102. The lowest BCUT2D eigenvalue weighted by Gasteiger charge is -2.18. The molecule has 0 aliphatic rings. The predicted molar refractivity (Wildman–Crippen MR) is 76.7 cm³/mol. The van der Waals surface area contributed by atoms with Crippen LogP contribution in [0.15, 0.2) is 53.4 Å². The lowest BCUT2D eigenvalue weighted by molar-refractivity contribution is 0.252. The largest absolute Gasteiger partial charge is 0.378 e. The van der Waals surface area contributed by atoms with Crippen LogP contribution in [0.5, 0.6) is 0 Å². The summed E-state index contributed by atoms with van der Waals surface area (Å²) in [7, 11) is 0. The SMILES string of the molecule is CC(Nc1ccccc1SC(F)F)c1ccc(F)cc1. The standard InChI is InChI=1S/C15H14F3NS/c1-10(11-6-8-12(16)9-7-11)19-13-4-2-3-5-14(13)20-15(17)18/h2-10,15,19H,1H3. The van der Waals surface area contributed by atoms with Gasteiger partial charge in [0.15, 0.2) is 0 Å². The van der Waals surface area contributed by atoms with E-state index in [1.54, 1.807) is 36.4 Å². The summed E-state index contributed by atoms with van der Waals surface area (Å²) in [5, 5.41) is 3.17. The number of para-hydroxylation sites is 1. The fourth-order valence-corrected chi connectivity index (χ4v) is 2.46. The molecule has 20 heavy (non-hydrogen) atoms. The Hall–Kier alpha value is -1.62. The number of rotatable bonds is 5. The quantitative estimate of drug-likeness (QED) is 0.750. The number of halogens is 3. The molecule has 1 unspecified atom stereocenters. The first-order chi connectivity index (χ1) is 9.56. The lowest BCUT2D eigenvalue weighted by atomic mass is 10.1. The molecule has 0 saturated heterocycles. The van der Waals surface area contributed by atoms with Gasteiger partial charge in [0.1, 0.15) is 5.82 Å². The summed E-state index contributed by atoms with van der Waals surface area (Å²) in [5.41, 5.74) is 1.54. The van der Waals surface area contributed by atoms with E-state index >= 15 is 0 Å². The van der Waals surface area contributed by atoms with Crippen LogP contribution in [0.1, 0.15) is 18.5 Å². The van der Waals surface area contributed by atoms with Crippen LogP contribution in [-0.4, -0.2) is 5.76 Å². The van der Waals surface area contributed by atoms with E-state index in [2.05, 4.69) is 5.32 Å². The molecular weight excluding hydrogens is 283 g/mol. The Kier molecular flexibility index (Phi) is 4.95. The Morgan fingerprint density at radius 1 is 1.00 bits per heavy atom. The zero-order valence-corrected chi connectivity index (χ0v) is 11.6. The van der Waals surface area contributed by atoms with Crippen molar-refractivity contribution in [2.75, 3.05) is 5.32 Å². The molecule has 0 fully saturated rings. The van der Waals surface area contributed by atoms with Gasteiger partial charge >= 0.3 is 0 Å². The smallest absolute Gasteiger partial charge is 0.288 e. The van der Waals surface area contributed by atoms with Gasteiger partial charge < -0.3 is 5.32 Å².